The van der Waals surface area contributed by atoms with Crippen LogP contribution in [0.4, 0.5) is 0 Å². The third-order valence-corrected chi connectivity index (χ3v) is 5.17. The van der Waals surface area contributed by atoms with Gasteiger partial charge in [-0.1, -0.05) is 66.7 Å². The zero-order valence-electron chi connectivity index (χ0n) is 16.8. The van der Waals surface area contributed by atoms with Crippen LogP contribution in [0, 0.1) is 0 Å². The maximum Gasteiger partial charge on any atom is 0.128 e. The monoisotopic (exact) mass is 398 g/mol. The molecule has 3 aromatic carbocycles. The molecule has 0 saturated carbocycles. The summed E-state index contributed by atoms with van der Waals surface area (Å²) in [6, 6.07) is 30.5. The van der Waals surface area contributed by atoms with Gasteiger partial charge in [0.05, 0.1) is 5.52 Å². The third kappa shape index (κ3) is 5.03. The first kappa shape index (κ1) is 20.1. The van der Waals surface area contributed by atoms with E-state index in [1.807, 2.05) is 42.5 Å². The van der Waals surface area contributed by atoms with E-state index in [0.717, 1.165) is 23.2 Å². The van der Waals surface area contributed by atoms with Crippen molar-refractivity contribution in [3.05, 3.63) is 108 Å². The quantitative estimate of drug-likeness (QED) is 0.439. The van der Waals surface area contributed by atoms with Crippen LogP contribution >= 0.6 is 0 Å². The Balaban J connectivity index is 1.34. The fourth-order valence-electron chi connectivity index (χ4n) is 3.64. The van der Waals surface area contributed by atoms with Gasteiger partial charge in [-0.15, -0.1) is 0 Å². The van der Waals surface area contributed by atoms with Crippen molar-refractivity contribution in [3.63, 3.8) is 0 Å². The summed E-state index contributed by atoms with van der Waals surface area (Å²) in [5.41, 5.74) is 3.39. The highest BCUT2D eigenvalue weighted by atomic mass is 16.5. The predicted octanol–water partition coefficient (Wildman–Crippen LogP) is 4.40. The minimum atomic E-state index is -0.607. The molecule has 30 heavy (non-hydrogen) atoms. The molecule has 0 radical (unpaired) electrons. The minimum absolute atomic E-state index is 0.225. The van der Waals surface area contributed by atoms with Crippen LogP contribution in [-0.4, -0.2) is 35.9 Å². The van der Waals surface area contributed by atoms with Crippen molar-refractivity contribution in [1.82, 2.24) is 10.3 Å². The molecule has 0 aliphatic heterocycles. The van der Waals surface area contributed by atoms with Crippen LogP contribution in [0.2, 0.25) is 0 Å². The number of nitrogens with one attached hydrogen (secondary N) is 1. The van der Waals surface area contributed by atoms with Crippen LogP contribution in [-0.2, 0) is 0 Å². The van der Waals surface area contributed by atoms with E-state index in [9.17, 15) is 5.11 Å². The zero-order valence-corrected chi connectivity index (χ0v) is 16.8. The van der Waals surface area contributed by atoms with Gasteiger partial charge < -0.3 is 15.2 Å². The largest absolute Gasteiger partial charge is 0.490 e. The zero-order chi connectivity index (χ0) is 20.6. The van der Waals surface area contributed by atoms with Crippen LogP contribution in [0.15, 0.2) is 97.2 Å². The van der Waals surface area contributed by atoms with E-state index in [1.165, 1.54) is 11.1 Å². The van der Waals surface area contributed by atoms with E-state index < -0.39 is 6.10 Å². The first-order chi connectivity index (χ1) is 14.8. The second-order valence-corrected chi connectivity index (χ2v) is 7.32. The van der Waals surface area contributed by atoms with Crippen LogP contribution < -0.4 is 10.1 Å². The molecule has 4 rings (SSSR count). The van der Waals surface area contributed by atoms with Gasteiger partial charge >= 0.3 is 0 Å². The first-order valence-corrected chi connectivity index (χ1v) is 10.3. The summed E-state index contributed by atoms with van der Waals surface area (Å²) < 4.78 is 5.88. The van der Waals surface area contributed by atoms with Crippen LogP contribution in [0.1, 0.15) is 17.0 Å². The van der Waals surface area contributed by atoms with Crippen LogP contribution in [0.25, 0.3) is 10.9 Å². The molecule has 0 saturated heterocycles. The molecule has 1 aromatic heterocycles. The predicted molar refractivity (Wildman–Crippen MR) is 121 cm³/mol. The number of aliphatic hydroxyl groups excluding tert-OH is 1. The fourth-order valence-corrected chi connectivity index (χ4v) is 3.64. The number of aromatic nitrogens is 1. The van der Waals surface area contributed by atoms with Gasteiger partial charge in [0.2, 0.25) is 0 Å². The van der Waals surface area contributed by atoms with Crippen molar-refractivity contribution in [3.8, 4) is 5.75 Å². The van der Waals surface area contributed by atoms with Crippen LogP contribution in [0.5, 0.6) is 5.75 Å². The Morgan fingerprint density at radius 2 is 1.47 bits per heavy atom. The molecule has 0 spiro atoms. The Morgan fingerprint density at radius 1 is 0.767 bits per heavy atom. The van der Waals surface area contributed by atoms with Crippen molar-refractivity contribution >= 4 is 10.9 Å². The molecular weight excluding hydrogens is 372 g/mol. The van der Waals surface area contributed by atoms with Crippen LogP contribution in [0.3, 0.4) is 0 Å². The number of ether oxygens (including phenoxy) is 1. The number of rotatable bonds is 9. The summed E-state index contributed by atoms with van der Waals surface area (Å²) in [5.74, 6) is 0.968. The van der Waals surface area contributed by atoms with Crippen molar-refractivity contribution in [2.45, 2.75) is 12.0 Å². The summed E-state index contributed by atoms with van der Waals surface area (Å²) in [7, 11) is 0. The molecule has 1 atom stereocenters. The van der Waals surface area contributed by atoms with E-state index in [-0.39, 0.29) is 12.5 Å². The van der Waals surface area contributed by atoms with Gasteiger partial charge in [0.1, 0.15) is 18.5 Å². The van der Waals surface area contributed by atoms with Gasteiger partial charge in [-0.05, 0) is 35.4 Å². The van der Waals surface area contributed by atoms with E-state index in [1.54, 1.807) is 6.20 Å². The number of pyridine rings is 1. The Labute approximate surface area is 177 Å². The van der Waals surface area contributed by atoms with Gasteiger partial charge in [-0.25, -0.2) is 0 Å². The van der Waals surface area contributed by atoms with E-state index in [2.05, 4.69) is 58.8 Å². The minimum Gasteiger partial charge on any atom is -0.490 e. The SMILES string of the molecule is OC(CNCC(c1ccccc1)c1ccccc1)COc1cccc2ncccc12. The number of hydrogen-bond donors (Lipinski definition) is 2. The number of aliphatic hydroxyl groups is 1. The molecule has 0 aliphatic carbocycles. The molecule has 0 amide bonds. The third-order valence-electron chi connectivity index (χ3n) is 5.17. The molecule has 2 N–H and O–H groups in total. The molecule has 1 heterocycles. The molecule has 4 aromatic rings. The number of benzene rings is 3. The maximum atomic E-state index is 10.4. The van der Waals surface area contributed by atoms with E-state index >= 15 is 0 Å². The lowest BCUT2D eigenvalue weighted by molar-refractivity contribution is 0.107. The van der Waals surface area contributed by atoms with Gasteiger partial charge in [0.15, 0.2) is 0 Å². The van der Waals surface area contributed by atoms with Gasteiger partial charge in [0, 0.05) is 30.6 Å². The summed E-state index contributed by atoms with van der Waals surface area (Å²) in [6.45, 7) is 1.42. The molecule has 0 bridgehead atoms. The van der Waals surface area contributed by atoms with Gasteiger partial charge in [0.25, 0.3) is 0 Å². The first-order valence-electron chi connectivity index (χ1n) is 10.3. The summed E-state index contributed by atoms with van der Waals surface area (Å²) >= 11 is 0. The van der Waals surface area contributed by atoms with Crippen molar-refractivity contribution in [2.75, 3.05) is 19.7 Å². The lowest BCUT2D eigenvalue weighted by Gasteiger charge is -2.20. The fraction of sp³-hybridized carbons (Fsp3) is 0.192. The highest BCUT2D eigenvalue weighted by molar-refractivity contribution is 5.84. The normalized spacial score (nSPS) is 12.2. The number of fused-ring (bicyclic) bond motifs is 1. The summed E-state index contributed by atoms with van der Waals surface area (Å²) in [6.07, 6.45) is 1.16. The average molecular weight is 399 g/mol. The van der Waals surface area contributed by atoms with Crippen molar-refractivity contribution in [1.29, 1.82) is 0 Å². The Hall–Kier alpha value is -3.21. The summed E-state index contributed by atoms with van der Waals surface area (Å²) in [5, 5.41) is 14.8. The number of nitrogens with zero attached hydrogens (tertiary/aromatic N) is 1. The summed E-state index contributed by atoms with van der Waals surface area (Å²) in [4.78, 5) is 4.34. The highest BCUT2D eigenvalue weighted by Crippen LogP contribution is 2.25. The topological polar surface area (TPSA) is 54.4 Å². The molecule has 4 heteroatoms. The van der Waals surface area contributed by atoms with Crippen molar-refractivity contribution in [2.24, 2.45) is 0 Å². The Bertz CT molecular complexity index is 1010. The second-order valence-electron chi connectivity index (χ2n) is 7.32. The highest BCUT2D eigenvalue weighted by Gasteiger charge is 2.15. The number of hydrogen-bond acceptors (Lipinski definition) is 4. The maximum absolute atomic E-state index is 10.4. The molecule has 1 unspecified atom stereocenters. The molecule has 0 aliphatic rings. The molecular formula is C26H26N2O2. The Kier molecular flexibility index (Phi) is 6.70. The Morgan fingerprint density at radius 3 is 2.17 bits per heavy atom. The molecule has 152 valence electrons. The van der Waals surface area contributed by atoms with E-state index in [0.29, 0.717) is 6.54 Å². The lowest BCUT2D eigenvalue weighted by atomic mass is 9.91. The molecule has 4 nitrogen and oxygen atoms in total. The second kappa shape index (κ2) is 10.0. The van der Waals surface area contributed by atoms with Gasteiger partial charge in [-0.2, -0.15) is 0 Å². The van der Waals surface area contributed by atoms with E-state index in [4.69, 9.17) is 4.74 Å². The average Bonchev–Trinajstić information content (AvgIpc) is 2.81. The van der Waals surface area contributed by atoms with Crippen molar-refractivity contribution < 1.29 is 9.84 Å². The smallest absolute Gasteiger partial charge is 0.128 e. The standard InChI is InChI=1S/C26H26N2O2/c29-22(19-30-26-15-7-14-25-23(26)13-8-16-28-25)17-27-18-24(20-9-3-1-4-10-20)21-11-5-2-6-12-21/h1-16,22,24,27,29H,17-19H2. The van der Waals surface area contributed by atoms with Gasteiger partial charge in [-0.3, -0.25) is 4.98 Å². The molecule has 0 fully saturated rings. The lowest BCUT2D eigenvalue weighted by Crippen LogP contribution is -2.34.